The van der Waals surface area contributed by atoms with Crippen LogP contribution in [0.2, 0.25) is 0 Å². The molecule has 0 saturated carbocycles. The van der Waals surface area contributed by atoms with Gasteiger partial charge in [0, 0.05) is 33.3 Å². The van der Waals surface area contributed by atoms with Crippen LogP contribution in [0.3, 0.4) is 0 Å². The Hall–Kier alpha value is -3.93. The van der Waals surface area contributed by atoms with Gasteiger partial charge in [-0.25, -0.2) is 4.79 Å². The van der Waals surface area contributed by atoms with Crippen LogP contribution in [0.15, 0.2) is 52.9 Å². The monoisotopic (exact) mass is 416 g/mol. The zero-order chi connectivity index (χ0) is 22.9. The first-order chi connectivity index (χ1) is 14.6. The van der Waals surface area contributed by atoms with E-state index in [2.05, 4.69) is 0 Å². The molecule has 1 aliphatic carbocycles. The van der Waals surface area contributed by atoms with Gasteiger partial charge in [-0.15, -0.1) is 0 Å². The summed E-state index contributed by atoms with van der Waals surface area (Å²) in [6.45, 7) is 6.76. The molecule has 1 aliphatic heterocycles. The Labute approximate surface area is 179 Å². The average Bonchev–Trinajstić information content (AvgIpc) is 2.72. The number of hydrogen-bond donors (Lipinski definition) is 3. The van der Waals surface area contributed by atoms with Gasteiger partial charge in [-0.3, -0.25) is 0 Å². The number of anilines is 1. The van der Waals surface area contributed by atoms with Gasteiger partial charge in [0.05, 0.1) is 10.9 Å². The summed E-state index contributed by atoms with van der Waals surface area (Å²) >= 11 is 0. The molecule has 0 aromatic heterocycles. The van der Waals surface area contributed by atoms with Crippen molar-refractivity contribution in [1.29, 1.82) is 5.41 Å². The number of hydrogen-bond acceptors (Lipinski definition) is 5. The molecule has 0 bridgehead atoms. The SMILES string of the molecule is CC(C)=O.Cc1c2oc3c(C)c(N)ccc3c(-c3ccccc3C(=O)O)c-2ccc1=N. The normalized spacial score (nSPS) is 10.6. The second-order valence-corrected chi connectivity index (χ2v) is 7.51. The molecular weight excluding hydrogens is 392 g/mol. The number of nitrogens with two attached hydrogens (primary N) is 1. The van der Waals surface area contributed by atoms with Crippen LogP contribution in [0.1, 0.15) is 35.3 Å². The second kappa shape index (κ2) is 8.44. The summed E-state index contributed by atoms with van der Waals surface area (Å²) in [6, 6.07) is 14.1. The maximum atomic E-state index is 11.8. The van der Waals surface area contributed by atoms with E-state index in [1.807, 2.05) is 32.0 Å². The van der Waals surface area contributed by atoms with Crippen LogP contribution in [-0.4, -0.2) is 16.9 Å². The molecule has 4 rings (SSSR count). The van der Waals surface area contributed by atoms with Gasteiger partial charge in [0.1, 0.15) is 17.1 Å². The van der Waals surface area contributed by atoms with E-state index in [0.29, 0.717) is 33.5 Å². The summed E-state index contributed by atoms with van der Waals surface area (Å²) < 4.78 is 6.18. The van der Waals surface area contributed by atoms with Crippen molar-refractivity contribution in [2.24, 2.45) is 0 Å². The van der Waals surface area contributed by atoms with Crippen LogP contribution in [0, 0.1) is 19.3 Å². The number of aromatic carboxylic acids is 1. The number of ketones is 1. The van der Waals surface area contributed by atoms with E-state index < -0.39 is 5.97 Å². The van der Waals surface area contributed by atoms with E-state index in [9.17, 15) is 14.7 Å². The molecule has 0 amide bonds. The van der Waals surface area contributed by atoms with Gasteiger partial charge in [-0.05, 0) is 63.6 Å². The Kier molecular flexibility index (Phi) is 5.92. The maximum absolute atomic E-state index is 11.8. The van der Waals surface area contributed by atoms with Crippen molar-refractivity contribution in [3.05, 3.63) is 70.6 Å². The van der Waals surface area contributed by atoms with E-state index in [4.69, 9.17) is 15.6 Å². The van der Waals surface area contributed by atoms with Crippen molar-refractivity contribution in [1.82, 2.24) is 0 Å². The molecule has 0 atom stereocenters. The first-order valence-corrected chi connectivity index (χ1v) is 9.73. The minimum atomic E-state index is -0.992. The highest BCUT2D eigenvalue weighted by Crippen LogP contribution is 2.43. The molecule has 0 unspecified atom stereocenters. The predicted octanol–water partition coefficient (Wildman–Crippen LogP) is 5.18. The highest BCUT2D eigenvalue weighted by Gasteiger charge is 2.23. The summed E-state index contributed by atoms with van der Waals surface area (Å²) in [4.78, 5) is 21.3. The van der Waals surface area contributed by atoms with Crippen molar-refractivity contribution in [3.63, 3.8) is 0 Å². The smallest absolute Gasteiger partial charge is 0.336 e. The third-order valence-electron chi connectivity index (χ3n) is 5.02. The van der Waals surface area contributed by atoms with Crippen LogP contribution in [0.25, 0.3) is 33.4 Å². The van der Waals surface area contributed by atoms with E-state index >= 15 is 0 Å². The van der Waals surface area contributed by atoms with Crippen molar-refractivity contribution in [2.45, 2.75) is 27.7 Å². The fourth-order valence-electron chi connectivity index (χ4n) is 3.48. The van der Waals surface area contributed by atoms with Gasteiger partial charge < -0.3 is 25.5 Å². The van der Waals surface area contributed by atoms with E-state index in [0.717, 1.165) is 22.1 Å². The van der Waals surface area contributed by atoms with E-state index in [-0.39, 0.29) is 11.3 Å². The van der Waals surface area contributed by atoms with Crippen LogP contribution in [0.4, 0.5) is 5.69 Å². The number of carboxylic acid groups (broad SMARTS) is 1. The van der Waals surface area contributed by atoms with Gasteiger partial charge in [-0.2, -0.15) is 0 Å². The highest BCUT2D eigenvalue weighted by molar-refractivity contribution is 6.08. The number of nitrogen functional groups attached to an aromatic ring is 1. The summed E-state index contributed by atoms with van der Waals surface area (Å²) in [5.41, 5.74) is 11.1. The molecule has 2 aromatic rings. The molecule has 158 valence electrons. The molecule has 6 heteroatoms. The molecule has 0 radical (unpaired) electrons. The zero-order valence-electron chi connectivity index (χ0n) is 17.9. The summed E-state index contributed by atoms with van der Waals surface area (Å²) in [5, 5.41) is 19.0. The fourth-order valence-corrected chi connectivity index (χ4v) is 3.48. The second-order valence-electron chi connectivity index (χ2n) is 7.51. The van der Waals surface area contributed by atoms with E-state index in [1.165, 1.54) is 13.8 Å². The molecule has 6 nitrogen and oxygen atoms in total. The van der Waals surface area contributed by atoms with E-state index in [1.54, 1.807) is 30.3 Å². The van der Waals surface area contributed by atoms with Gasteiger partial charge in [0.2, 0.25) is 0 Å². The lowest BCUT2D eigenvalue weighted by Crippen LogP contribution is -2.08. The lowest BCUT2D eigenvalue weighted by atomic mass is 9.89. The first kappa shape index (κ1) is 21.8. The molecule has 2 aliphatic rings. The molecular formula is C25H24N2O4. The number of nitrogens with one attached hydrogen (secondary N) is 1. The summed E-state index contributed by atoms with van der Waals surface area (Å²) in [7, 11) is 0. The zero-order valence-corrected chi connectivity index (χ0v) is 17.9. The number of carboxylic acids is 1. The fraction of sp³-hybridized carbons (Fsp3) is 0.160. The molecule has 4 N–H and O–H groups in total. The van der Waals surface area contributed by atoms with Gasteiger partial charge in [-0.1, -0.05) is 18.2 Å². The third-order valence-corrected chi connectivity index (χ3v) is 5.02. The topological polar surface area (TPSA) is 117 Å². The largest absolute Gasteiger partial charge is 0.478 e. The van der Waals surface area contributed by atoms with Crippen molar-refractivity contribution in [3.8, 4) is 22.5 Å². The van der Waals surface area contributed by atoms with Crippen LogP contribution in [0.5, 0.6) is 0 Å². The van der Waals surface area contributed by atoms with Crippen molar-refractivity contribution in [2.75, 3.05) is 5.73 Å². The Morgan fingerprint density at radius 3 is 2.23 bits per heavy atom. The predicted molar refractivity (Wildman–Crippen MR) is 121 cm³/mol. The number of carbonyl (C=O) groups excluding carboxylic acids is 1. The number of carbonyl (C=O) groups is 2. The quantitative estimate of drug-likeness (QED) is 0.307. The standard InChI is InChI=1S/C22H18N2O3.C3H6O/c1-11-17(23)9-7-15-19(13-5-3-4-6-14(13)22(25)26)16-8-10-18(24)12(2)21(16)27-20(11)15;1-3(2)4/h3-10,23H,24H2,1-2H3,(H,25,26);1-2H3. The molecule has 2 aromatic carbocycles. The van der Waals surface area contributed by atoms with Gasteiger partial charge in [0.25, 0.3) is 0 Å². The third kappa shape index (κ3) is 4.05. The lowest BCUT2D eigenvalue weighted by molar-refractivity contribution is -0.115. The van der Waals surface area contributed by atoms with Crippen molar-refractivity contribution >= 4 is 28.4 Å². The summed E-state index contributed by atoms with van der Waals surface area (Å²) in [6.07, 6.45) is 0. The molecule has 1 heterocycles. The van der Waals surface area contributed by atoms with Crippen LogP contribution >= 0.6 is 0 Å². The summed E-state index contributed by atoms with van der Waals surface area (Å²) in [5.74, 6) is -0.257. The number of Topliss-reactive ketones (excluding diaryl/α,β-unsaturated/α-hetero) is 1. The number of rotatable bonds is 2. The van der Waals surface area contributed by atoms with Gasteiger partial charge >= 0.3 is 5.97 Å². The van der Waals surface area contributed by atoms with Crippen LogP contribution in [-0.2, 0) is 4.79 Å². The van der Waals surface area contributed by atoms with Gasteiger partial charge in [0.15, 0.2) is 0 Å². The molecule has 0 fully saturated rings. The minimum Gasteiger partial charge on any atom is -0.478 e. The number of aryl methyl sites for hydroxylation is 1. The first-order valence-electron chi connectivity index (χ1n) is 9.73. The number of benzene rings is 3. The van der Waals surface area contributed by atoms with Crippen LogP contribution < -0.4 is 11.1 Å². The lowest BCUT2D eigenvalue weighted by Gasteiger charge is -2.19. The maximum Gasteiger partial charge on any atom is 0.336 e. The molecule has 31 heavy (non-hydrogen) atoms. The Balaban J connectivity index is 0.000000628. The number of fused-ring (bicyclic) bond motifs is 2. The molecule has 0 spiro atoms. The minimum absolute atomic E-state index is 0.167. The highest BCUT2D eigenvalue weighted by atomic mass is 16.4. The van der Waals surface area contributed by atoms with Crippen molar-refractivity contribution < 1.29 is 19.1 Å². The average molecular weight is 416 g/mol. The Morgan fingerprint density at radius 1 is 0.935 bits per heavy atom. The Bertz CT molecular complexity index is 1350. The molecule has 0 saturated heterocycles. The Morgan fingerprint density at radius 2 is 1.58 bits per heavy atom.